The summed E-state index contributed by atoms with van der Waals surface area (Å²) in [6, 6.07) is -1.60. The van der Waals surface area contributed by atoms with Crippen LogP contribution in [0, 0.1) is 5.21 Å². The number of quaternary nitrogens is 1. The summed E-state index contributed by atoms with van der Waals surface area (Å²) < 4.78 is 0. The third-order valence-corrected chi connectivity index (χ3v) is 0.681. The molecule has 0 saturated carbocycles. The van der Waals surface area contributed by atoms with Gasteiger partial charge in [-0.25, -0.2) is 9.59 Å². The number of carbonyl (C=O) groups is 2. The van der Waals surface area contributed by atoms with E-state index in [0.29, 0.717) is 0 Å². The van der Waals surface area contributed by atoms with Crippen LogP contribution in [0.3, 0.4) is 0 Å². The van der Waals surface area contributed by atoms with Crippen LogP contribution in [-0.4, -0.2) is 12.1 Å². The van der Waals surface area contributed by atoms with E-state index in [-0.39, 0.29) is 0 Å². The highest BCUT2D eigenvalue weighted by molar-refractivity contribution is 5.93. The van der Waals surface area contributed by atoms with E-state index in [0.717, 1.165) is 0 Å². The van der Waals surface area contributed by atoms with Gasteiger partial charge in [0.05, 0.1) is 0 Å². The molecule has 0 aliphatic carbocycles. The molecular formula is C2H4N4O3. The van der Waals surface area contributed by atoms with Crippen molar-refractivity contribution in [2.45, 2.75) is 0 Å². The molecule has 0 aromatic rings. The normalized spacial score (nSPS) is 20.1. The smallest absolute Gasteiger partial charge is 0.369 e. The molecule has 7 heteroatoms. The summed E-state index contributed by atoms with van der Waals surface area (Å²) in [4.78, 5) is 20.4. The van der Waals surface area contributed by atoms with E-state index in [1.54, 1.807) is 16.2 Å². The van der Waals surface area contributed by atoms with Crippen LogP contribution in [0.4, 0.5) is 9.59 Å². The van der Waals surface area contributed by atoms with Gasteiger partial charge in [0.15, 0.2) is 0 Å². The Morgan fingerprint density at radius 1 is 1.22 bits per heavy atom. The predicted octanol–water partition coefficient (Wildman–Crippen LogP) is -2.78. The van der Waals surface area contributed by atoms with E-state index >= 15 is 0 Å². The van der Waals surface area contributed by atoms with E-state index in [1.165, 1.54) is 0 Å². The Morgan fingerprint density at radius 2 is 1.67 bits per heavy atom. The van der Waals surface area contributed by atoms with Crippen LogP contribution in [0.25, 0.3) is 0 Å². The van der Waals surface area contributed by atoms with Crippen molar-refractivity contribution in [3.63, 3.8) is 0 Å². The first-order valence-electron chi connectivity index (χ1n) is 2.11. The van der Waals surface area contributed by atoms with Gasteiger partial charge in [0.2, 0.25) is 0 Å². The number of urea groups is 2. The molecule has 7 nitrogen and oxygen atoms in total. The zero-order valence-electron chi connectivity index (χ0n) is 4.22. The van der Waals surface area contributed by atoms with Crippen molar-refractivity contribution in [1.29, 1.82) is 0 Å². The van der Waals surface area contributed by atoms with Crippen molar-refractivity contribution in [3.05, 3.63) is 5.21 Å². The van der Waals surface area contributed by atoms with Crippen LogP contribution in [0.5, 0.6) is 0 Å². The van der Waals surface area contributed by atoms with Gasteiger partial charge in [0.25, 0.3) is 0 Å². The second-order valence-corrected chi connectivity index (χ2v) is 1.36. The first-order valence-corrected chi connectivity index (χ1v) is 2.11. The Balaban J connectivity index is 2.53. The minimum atomic E-state index is -0.802. The molecule has 0 aromatic carbocycles. The molecule has 1 aliphatic rings. The number of nitrogens with one attached hydrogen (secondary N) is 4. The van der Waals surface area contributed by atoms with Gasteiger partial charge in [0.1, 0.15) is 0 Å². The average Bonchev–Trinajstić information content (AvgIpc) is 1.59. The summed E-state index contributed by atoms with van der Waals surface area (Å²) in [5.41, 5.74) is 3.58. The van der Waals surface area contributed by atoms with Crippen LogP contribution >= 0.6 is 0 Å². The molecule has 0 spiro atoms. The van der Waals surface area contributed by atoms with Gasteiger partial charge in [-0.05, 0) is 0 Å². The highest BCUT2D eigenvalue weighted by atomic mass is 16.6. The lowest BCUT2D eigenvalue weighted by Crippen LogP contribution is -3.24. The summed E-state index contributed by atoms with van der Waals surface area (Å²) in [6.07, 6.45) is 0. The largest absolute Gasteiger partial charge is 0.582 e. The van der Waals surface area contributed by atoms with Gasteiger partial charge in [-0.2, -0.15) is 16.1 Å². The van der Waals surface area contributed by atoms with Gasteiger partial charge in [-0.15, -0.1) is 0 Å². The number of hydrogen-bond donors (Lipinski definition) is 4. The third-order valence-electron chi connectivity index (χ3n) is 0.681. The fourth-order valence-corrected chi connectivity index (χ4v) is 0.403. The van der Waals surface area contributed by atoms with Crippen LogP contribution in [0.1, 0.15) is 0 Å². The van der Waals surface area contributed by atoms with E-state index < -0.39 is 17.3 Å². The Hall–Kier alpha value is -1.34. The highest BCUT2D eigenvalue weighted by Crippen LogP contribution is 1.63. The van der Waals surface area contributed by atoms with E-state index in [4.69, 9.17) is 0 Å². The first-order chi connectivity index (χ1) is 4.18. The molecule has 0 unspecified atom stereocenters. The van der Waals surface area contributed by atoms with Crippen LogP contribution < -0.4 is 21.4 Å². The van der Waals surface area contributed by atoms with Crippen LogP contribution in [0.15, 0.2) is 0 Å². The maximum Gasteiger partial charge on any atom is 0.369 e. The van der Waals surface area contributed by atoms with E-state index in [1.807, 2.05) is 0 Å². The molecule has 9 heavy (non-hydrogen) atoms. The molecule has 1 rings (SSSR count). The summed E-state index contributed by atoms with van der Waals surface area (Å²) in [5, 5.41) is 11.2. The van der Waals surface area contributed by atoms with Crippen LogP contribution in [0.2, 0.25) is 0 Å². The zero-order chi connectivity index (χ0) is 6.85. The van der Waals surface area contributed by atoms with Crippen molar-refractivity contribution < 1.29 is 14.9 Å². The molecule has 1 saturated heterocycles. The Bertz CT molecular complexity index is 140. The topological polar surface area (TPSA) is 97.7 Å². The second-order valence-electron chi connectivity index (χ2n) is 1.36. The molecule has 1 aliphatic heterocycles. The molecule has 0 atom stereocenters. The SMILES string of the molecule is O=C1NC(=O)N[NH+]([O-])N1. The number of amides is 4. The molecule has 0 aromatic heterocycles. The molecule has 0 bridgehead atoms. The maximum atomic E-state index is 10.2. The second kappa shape index (κ2) is 1.88. The number of hydrogen-bond acceptors (Lipinski definition) is 3. The first kappa shape index (κ1) is 5.79. The van der Waals surface area contributed by atoms with Crippen molar-refractivity contribution >= 4 is 12.1 Å². The van der Waals surface area contributed by atoms with Crippen molar-refractivity contribution in [2.24, 2.45) is 0 Å². The minimum absolute atomic E-state index is 0.802. The van der Waals surface area contributed by atoms with Crippen molar-refractivity contribution in [1.82, 2.24) is 16.2 Å². The summed E-state index contributed by atoms with van der Waals surface area (Å²) in [7, 11) is 0. The van der Waals surface area contributed by atoms with Crippen LogP contribution in [-0.2, 0) is 0 Å². The van der Waals surface area contributed by atoms with Crippen molar-refractivity contribution in [3.8, 4) is 0 Å². The monoisotopic (exact) mass is 132 g/mol. The summed E-state index contributed by atoms with van der Waals surface area (Å²) >= 11 is 0. The molecule has 0 radical (unpaired) electrons. The fourth-order valence-electron chi connectivity index (χ4n) is 0.403. The maximum absolute atomic E-state index is 10.2. The Kier molecular flexibility index (Phi) is 1.21. The Labute approximate surface area is 49.5 Å². The number of rotatable bonds is 0. The third kappa shape index (κ3) is 1.27. The zero-order valence-corrected chi connectivity index (χ0v) is 4.22. The molecule has 50 valence electrons. The van der Waals surface area contributed by atoms with Gasteiger partial charge >= 0.3 is 12.1 Å². The van der Waals surface area contributed by atoms with E-state index in [9.17, 15) is 14.8 Å². The molecule has 4 N–H and O–H groups in total. The standard InChI is InChI=1S/C2H4N4O3/c7-1-3-2(8)5-6(9)4-1/h6H,(H3,3,4,5,7,8). The average molecular weight is 132 g/mol. The molecule has 4 amide bonds. The lowest BCUT2D eigenvalue weighted by atomic mass is 10.9. The van der Waals surface area contributed by atoms with Gasteiger partial charge < -0.3 is 5.21 Å². The van der Waals surface area contributed by atoms with Crippen molar-refractivity contribution in [2.75, 3.05) is 0 Å². The predicted molar refractivity (Wildman–Crippen MR) is 24.5 cm³/mol. The fraction of sp³-hybridized carbons (Fsp3) is 0. The lowest BCUT2D eigenvalue weighted by molar-refractivity contribution is -0.924. The van der Waals surface area contributed by atoms with E-state index in [2.05, 4.69) is 0 Å². The molecular weight excluding hydrogens is 128 g/mol. The Morgan fingerprint density at radius 3 is 2.00 bits per heavy atom. The highest BCUT2D eigenvalue weighted by Gasteiger charge is 2.17. The minimum Gasteiger partial charge on any atom is -0.582 e. The van der Waals surface area contributed by atoms with Gasteiger partial charge in [-0.3, -0.25) is 5.32 Å². The molecule has 1 fully saturated rings. The lowest BCUT2D eigenvalue weighted by Gasteiger charge is -2.24. The van der Waals surface area contributed by atoms with Gasteiger partial charge in [0, 0.05) is 0 Å². The quantitative estimate of drug-likeness (QED) is 0.268. The van der Waals surface area contributed by atoms with Gasteiger partial charge in [-0.1, -0.05) is 0 Å². The molecule has 1 heterocycles. The number of imide groups is 1. The summed E-state index contributed by atoms with van der Waals surface area (Å²) in [5.74, 6) is 0. The number of carbonyl (C=O) groups excluding carboxylic acids is 2. The summed E-state index contributed by atoms with van der Waals surface area (Å²) in [6.45, 7) is 0.